The van der Waals surface area contributed by atoms with E-state index in [-0.39, 0.29) is 28.4 Å². The van der Waals surface area contributed by atoms with Crippen LogP contribution in [0.5, 0.6) is 5.88 Å². The summed E-state index contributed by atoms with van der Waals surface area (Å²) in [4.78, 5) is 16.0. The maximum Gasteiger partial charge on any atom is 0.393 e. The van der Waals surface area contributed by atoms with Crippen molar-refractivity contribution < 1.29 is 27.1 Å². The summed E-state index contributed by atoms with van der Waals surface area (Å²) in [5, 5.41) is 12.4. The molecule has 11 heteroatoms. The number of hydrogen-bond acceptors (Lipinski definition) is 5. The minimum absolute atomic E-state index is 0.0389. The van der Waals surface area contributed by atoms with Crippen LogP contribution in [0.25, 0.3) is 22.0 Å². The number of ether oxygens (including phenoxy) is 1. The molecule has 0 bridgehead atoms. The number of hydrogen-bond donors (Lipinski definition) is 3. The molecule has 1 fully saturated rings. The van der Waals surface area contributed by atoms with Crippen LogP contribution >= 0.6 is 0 Å². The monoisotopic (exact) mass is 567 g/mol. The third kappa shape index (κ3) is 7.10. The van der Waals surface area contributed by atoms with Gasteiger partial charge in [-0.15, -0.1) is 5.10 Å². The van der Waals surface area contributed by atoms with Gasteiger partial charge in [0.25, 0.3) is 0 Å². The van der Waals surface area contributed by atoms with Crippen molar-refractivity contribution in [1.82, 2.24) is 25.8 Å². The van der Waals surface area contributed by atoms with Crippen molar-refractivity contribution in [1.29, 1.82) is 0 Å². The highest BCUT2D eigenvalue weighted by Gasteiger charge is 2.32. The highest BCUT2D eigenvalue weighted by Crippen LogP contribution is 2.40. The minimum Gasteiger partial charge on any atom is -0.476 e. The number of aromatic amines is 1. The zero-order chi connectivity index (χ0) is 28.8. The van der Waals surface area contributed by atoms with Gasteiger partial charge in [0.05, 0.1) is 17.3 Å². The number of fused-ring (bicyclic) bond motifs is 1. The molecule has 1 unspecified atom stereocenters. The Morgan fingerprint density at radius 1 is 1.02 bits per heavy atom. The van der Waals surface area contributed by atoms with E-state index >= 15 is 0 Å². The van der Waals surface area contributed by atoms with E-state index in [2.05, 4.69) is 25.8 Å². The van der Waals surface area contributed by atoms with Crippen LogP contribution in [-0.4, -0.2) is 53.5 Å². The molecule has 3 N–H and O–H groups in total. The average Bonchev–Trinajstić information content (AvgIpc) is 3.55. The molecule has 1 saturated heterocycles. The number of amides is 1. The molecule has 1 amide bonds. The fourth-order valence-electron chi connectivity index (χ4n) is 4.99. The number of rotatable bonds is 11. The molecule has 0 saturated carbocycles. The number of halogens is 4. The lowest BCUT2D eigenvalue weighted by Gasteiger charge is -2.19. The molecule has 214 valence electrons. The van der Waals surface area contributed by atoms with Crippen LogP contribution in [-0.2, 0) is 4.79 Å². The van der Waals surface area contributed by atoms with Crippen LogP contribution in [0.15, 0.2) is 66.9 Å². The Bertz CT molecular complexity index is 1520. The van der Waals surface area contributed by atoms with Gasteiger partial charge < -0.3 is 15.4 Å². The number of aromatic nitrogens is 3. The van der Waals surface area contributed by atoms with Gasteiger partial charge in [-0.05, 0) is 59.9 Å². The van der Waals surface area contributed by atoms with Crippen molar-refractivity contribution in [2.24, 2.45) is 5.92 Å². The molecular weight excluding hydrogens is 538 g/mol. The van der Waals surface area contributed by atoms with Crippen LogP contribution in [0.3, 0.4) is 0 Å². The van der Waals surface area contributed by atoms with Crippen molar-refractivity contribution in [2.45, 2.75) is 25.4 Å². The van der Waals surface area contributed by atoms with Gasteiger partial charge in [-0.2, -0.15) is 17.6 Å². The largest absolute Gasteiger partial charge is 0.476 e. The van der Waals surface area contributed by atoms with Gasteiger partial charge in [-0.25, -0.2) is 4.98 Å². The van der Waals surface area contributed by atoms with E-state index in [4.69, 9.17) is 4.74 Å². The summed E-state index contributed by atoms with van der Waals surface area (Å²) in [7, 11) is 0. The second kappa shape index (κ2) is 12.5. The number of allylic oxidation sites excluding steroid dienone is 1. The quantitative estimate of drug-likeness (QED) is 0.126. The van der Waals surface area contributed by atoms with E-state index in [1.165, 1.54) is 12.3 Å². The first-order chi connectivity index (χ1) is 19.8. The fourth-order valence-corrected chi connectivity index (χ4v) is 4.99. The Labute approximate surface area is 234 Å². The molecule has 41 heavy (non-hydrogen) atoms. The predicted octanol–water partition coefficient (Wildman–Crippen LogP) is 5.50. The summed E-state index contributed by atoms with van der Waals surface area (Å²) >= 11 is 0. The molecule has 4 aromatic rings. The number of pyridine rings is 1. The van der Waals surface area contributed by atoms with Crippen LogP contribution in [0.2, 0.25) is 0 Å². The van der Waals surface area contributed by atoms with Gasteiger partial charge in [0.1, 0.15) is 6.61 Å². The fraction of sp³-hybridized carbons (Fsp3) is 0.300. The molecule has 1 aliphatic rings. The number of carbonyl (C=O) groups excluding carboxylic acids is 1. The Balaban J connectivity index is 1.39. The molecule has 2 aromatic carbocycles. The van der Waals surface area contributed by atoms with Gasteiger partial charge in [0.15, 0.2) is 0 Å². The first kappa shape index (κ1) is 28.3. The SMILES string of the molecule is O=C1NCCC1CCNCCOc1ccc(C(=C(CC(F)(F)F)c2ccccc2)c2ccc3[nH]nc(F)c3c2)cn1. The summed E-state index contributed by atoms with van der Waals surface area (Å²) < 4.78 is 61.7. The molecule has 1 atom stereocenters. The Morgan fingerprint density at radius 3 is 2.54 bits per heavy atom. The molecule has 3 heterocycles. The number of nitrogens with zero attached hydrogens (tertiary/aromatic N) is 2. The Hall–Kier alpha value is -4.25. The van der Waals surface area contributed by atoms with Crippen LogP contribution in [0.4, 0.5) is 17.6 Å². The molecule has 5 rings (SSSR count). The number of nitrogens with one attached hydrogen (secondary N) is 3. The minimum atomic E-state index is -4.49. The number of alkyl halides is 3. The van der Waals surface area contributed by atoms with E-state index in [0.717, 1.165) is 19.4 Å². The van der Waals surface area contributed by atoms with Gasteiger partial charge in [0, 0.05) is 36.8 Å². The van der Waals surface area contributed by atoms with E-state index in [0.29, 0.717) is 47.8 Å². The zero-order valence-corrected chi connectivity index (χ0v) is 22.1. The summed E-state index contributed by atoms with van der Waals surface area (Å²) in [6.45, 7) is 2.28. The molecule has 0 aliphatic carbocycles. The van der Waals surface area contributed by atoms with Gasteiger partial charge in [-0.3, -0.25) is 9.89 Å². The van der Waals surface area contributed by atoms with Crippen LogP contribution in [0.1, 0.15) is 36.0 Å². The van der Waals surface area contributed by atoms with Crippen molar-refractivity contribution in [3.05, 3.63) is 89.5 Å². The van der Waals surface area contributed by atoms with Gasteiger partial charge in [-0.1, -0.05) is 36.4 Å². The first-order valence-corrected chi connectivity index (χ1v) is 13.4. The smallest absolute Gasteiger partial charge is 0.393 e. The third-order valence-electron chi connectivity index (χ3n) is 6.99. The summed E-state index contributed by atoms with van der Waals surface area (Å²) in [5.74, 6) is -0.274. The second-order valence-corrected chi connectivity index (χ2v) is 9.84. The average molecular weight is 568 g/mol. The molecule has 2 aromatic heterocycles. The van der Waals surface area contributed by atoms with E-state index in [1.54, 1.807) is 54.6 Å². The highest BCUT2D eigenvalue weighted by molar-refractivity contribution is 6.00. The van der Waals surface area contributed by atoms with E-state index < -0.39 is 18.5 Å². The first-order valence-electron chi connectivity index (χ1n) is 13.4. The molecule has 7 nitrogen and oxygen atoms in total. The Kier molecular flexibility index (Phi) is 8.63. The maximum atomic E-state index is 14.3. The number of H-pyrrole nitrogens is 1. The lowest BCUT2D eigenvalue weighted by Crippen LogP contribution is -2.26. The maximum absolute atomic E-state index is 14.3. The molecule has 1 aliphatic heterocycles. The van der Waals surface area contributed by atoms with Crippen molar-refractivity contribution in [2.75, 3.05) is 26.2 Å². The zero-order valence-electron chi connectivity index (χ0n) is 22.1. The Morgan fingerprint density at radius 2 is 1.83 bits per heavy atom. The molecular formula is C30H29F4N5O2. The van der Waals surface area contributed by atoms with Crippen LogP contribution < -0.4 is 15.4 Å². The van der Waals surface area contributed by atoms with Gasteiger partial charge in [0.2, 0.25) is 17.7 Å². The van der Waals surface area contributed by atoms with Gasteiger partial charge >= 0.3 is 6.18 Å². The predicted molar refractivity (Wildman–Crippen MR) is 147 cm³/mol. The molecule has 0 spiro atoms. The van der Waals surface area contributed by atoms with E-state index in [1.807, 2.05) is 0 Å². The molecule has 0 radical (unpaired) electrons. The highest BCUT2D eigenvalue weighted by atomic mass is 19.4. The number of benzene rings is 2. The summed E-state index contributed by atoms with van der Waals surface area (Å²) in [6.07, 6.45) is -2.61. The third-order valence-corrected chi connectivity index (χ3v) is 6.99. The summed E-state index contributed by atoms with van der Waals surface area (Å²) in [6, 6.07) is 16.3. The standard InChI is InChI=1S/C30H29F4N5O2/c31-28-23-16-21(6-8-25(23)38-39-28)27(24(17-30(32,33)34)19-4-2-1-3-5-19)22-7-9-26(37-18-22)41-15-14-35-12-10-20-11-13-36-29(20)40/h1-9,16,18,20,35H,10-15,17H2,(H,36,40)(H,38,39). The van der Waals surface area contributed by atoms with Crippen molar-refractivity contribution in [3.63, 3.8) is 0 Å². The van der Waals surface area contributed by atoms with E-state index in [9.17, 15) is 22.4 Å². The lowest BCUT2D eigenvalue weighted by atomic mass is 9.88. The van der Waals surface area contributed by atoms with Crippen molar-refractivity contribution >= 4 is 28.0 Å². The normalized spacial score (nSPS) is 16.1. The van der Waals surface area contributed by atoms with Crippen LogP contribution in [0, 0.1) is 11.9 Å². The topological polar surface area (TPSA) is 91.9 Å². The second-order valence-electron chi connectivity index (χ2n) is 9.84. The number of carbonyl (C=O) groups is 1. The van der Waals surface area contributed by atoms with Crippen molar-refractivity contribution in [3.8, 4) is 5.88 Å². The summed E-state index contributed by atoms with van der Waals surface area (Å²) in [5.41, 5.74) is 1.98. The lowest BCUT2D eigenvalue weighted by molar-refractivity contribution is -0.123.